The van der Waals surface area contributed by atoms with Crippen LogP contribution in [-0.2, 0) is 5.75 Å². The summed E-state index contributed by atoms with van der Waals surface area (Å²) in [6, 6.07) is 25.2. The van der Waals surface area contributed by atoms with Crippen molar-refractivity contribution in [3.63, 3.8) is 0 Å². The van der Waals surface area contributed by atoms with Gasteiger partial charge in [-0.3, -0.25) is 0 Å². The third kappa shape index (κ3) is 4.18. The van der Waals surface area contributed by atoms with Gasteiger partial charge in [0, 0.05) is 16.3 Å². The van der Waals surface area contributed by atoms with Crippen LogP contribution in [0.2, 0.25) is 0 Å². The molecule has 0 radical (unpaired) electrons. The lowest BCUT2D eigenvalue weighted by atomic mass is 10.1. The van der Waals surface area contributed by atoms with Crippen molar-refractivity contribution in [3.8, 4) is 0 Å². The average molecular weight is 335 g/mol. The quantitative estimate of drug-likeness (QED) is 0.591. The summed E-state index contributed by atoms with van der Waals surface area (Å²) >= 11 is 1.75. The number of carbonyl (C=O) groups is 1. The van der Waals surface area contributed by atoms with Crippen molar-refractivity contribution in [1.29, 1.82) is 0 Å². The second kappa shape index (κ2) is 7.70. The van der Waals surface area contributed by atoms with E-state index in [9.17, 15) is 9.90 Å². The van der Waals surface area contributed by atoms with Gasteiger partial charge in [0.05, 0.1) is 11.3 Å². The number of carboxylic acids is 1. The Labute approximate surface area is 145 Å². The van der Waals surface area contributed by atoms with E-state index in [0.717, 1.165) is 16.3 Å². The molecule has 3 rings (SSSR count). The van der Waals surface area contributed by atoms with E-state index in [4.69, 9.17) is 0 Å². The number of para-hydroxylation sites is 1. The first kappa shape index (κ1) is 16.1. The molecule has 0 saturated heterocycles. The van der Waals surface area contributed by atoms with Crippen LogP contribution in [0.25, 0.3) is 0 Å². The zero-order valence-electron chi connectivity index (χ0n) is 13.0. The van der Waals surface area contributed by atoms with E-state index < -0.39 is 5.97 Å². The van der Waals surface area contributed by atoms with Crippen molar-refractivity contribution in [2.75, 3.05) is 5.32 Å². The number of thioether (sulfide) groups is 1. The molecule has 0 bridgehead atoms. The maximum Gasteiger partial charge on any atom is 0.337 e. The van der Waals surface area contributed by atoms with Crippen molar-refractivity contribution < 1.29 is 9.90 Å². The van der Waals surface area contributed by atoms with Crippen molar-refractivity contribution in [2.45, 2.75) is 10.6 Å². The molecule has 3 aromatic rings. The normalized spacial score (nSPS) is 10.3. The van der Waals surface area contributed by atoms with Crippen molar-refractivity contribution in [3.05, 3.63) is 90.0 Å². The highest BCUT2D eigenvalue weighted by atomic mass is 32.2. The lowest BCUT2D eigenvalue weighted by Gasteiger charge is -2.11. The highest BCUT2D eigenvalue weighted by molar-refractivity contribution is 7.98. The summed E-state index contributed by atoms with van der Waals surface area (Å²) in [4.78, 5) is 12.4. The zero-order valence-corrected chi connectivity index (χ0v) is 13.8. The number of benzene rings is 3. The number of nitrogens with one attached hydrogen (secondary N) is 1. The minimum absolute atomic E-state index is 0.264. The topological polar surface area (TPSA) is 49.3 Å². The van der Waals surface area contributed by atoms with E-state index in [1.807, 2.05) is 42.5 Å². The molecule has 0 saturated carbocycles. The molecule has 0 atom stereocenters. The number of rotatable bonds is 6. The van der Waals surface area contributed by atoms with Gasteiger partial charge in [-0.1, -0.05) is 48.5 Å². The first-order chi connectivity index (χ1) is 11.7. The Bertz CT molecular complexity index is 834. The Morgan fingerprint density at radius 1 is 0.917 bits per heavy atom. The van der Waals surface area contributed by atoms with Gasteiger partial charge in [-0.2, -0.15) is 0 Å². The summed E-state index contributed by atoms with van der Waals surface area (Å²) in [5, 5.41) is 12.5. The Morgan fingerprint density at radius 3 is 2.46 bits per heavy atom. The first-order valence-electron chi connectivity index (χ1n) is 7.58. The minimum Gasteiger partial charge on any atom is -0.478 e. The van der Waals surface area contributed by atoms with Crippen molar-refractivity contribution in [1.82, 2.24) is 0 Å². The number of anilines is 2. The molecule has 0 amide bonds. The van der Waals surface area contributed by atoms with Gasteiger partial charge in [-0.15, -0.1) is 11.8 Å². The van der Waals surface area contributed by atoms with Gasteiger partial charge in [0.1, 0.15) is 0 Å². The van der Waals surface area contributed by atoms with E-state index in [1.165, 1.54) is 5.56 Å². The van der Waals surface area contributed by atoms with Crippen LogP contribution < -0.4 is 5.32 Å². The standard InChI is InChI=1S/C20H17NO2S/c22-20(23)18-11-4-5-12-19(18)21-16-9-6-10-17(13-16)24-14-15-7-2-1-3-8-15/h1-13,21H,14H2,(H,22,23). The van der Waals surface area contributed by atoms with Gasteiger partial charge in [-0.25, -0.2) is 4.79 Å². The average Bonchev–Trinajstić information content (AvgIpc) is 2.61. The molecule has 4 heteroatoms. The Morgan fingerprint density at radius 2 is 1.67 bits per heavy atom. The molecule has 0 aliphatic rings. The predicted octanol–water partition coefficient (Wildman–Crippen LogP) is 5.42. The highest BCUT2D eigenvalue weighted by Crippen LogP contribution is 2.27. The Hall–Kier alpha value is -2.72. The van der Waals surface area contributed by atoms with Gasteiger partial charge >= 0.3 is 5.97 Å². The van der Waals surface area contributed by atoms with Crippen molar-refractivity contribution in [2.24, 2.45) is 0 Å². The SMILES string of the molecule is O=C(O)c1ccccc1Nc1cccc(SCc2ccccc2)c1. The molecule has 0 unspecified atom stereocenters. The zero-order chi connectivity index (χ0) is 16.8. The van der Waals surface area contributed by atoms with Crippen LogP contribution in [0.5, 0.6) is 0 Å². The van der Waals surface area contributed by atoms with Crippen LogP contribution in [-0.4, -0.2) is 11.1 Å². The van der Waals surface area contributed by atoms with Crippen molar-refractivity contribution >= 4 is 29.1 Å². The molecule has 0 heterocycles. The van der Waals surface area contributed by atoms with Crippen LogP contribution in [0, 0.1) is 0 Å². The van der Waals surface area contributed by atoms with Gasteiger partial charge in [0.25, 0.3) is 0 Å². The lowest BCUT2D eigenvalue weighted by molar-refractivity contribution is 0.0698. The molecular formula is C20H17NO2S. The fraction of sp³-hybridized carbons (Fsp3) is 0.0500. The summed E-state index contributed by atoms with van der Waals surface area (Å²) in [5.41, 5.74) is 3.01. The molecule has 0 aliphatic carbocycles. The molecule has 0 fully saturated rings. The van der Waals surface area contributed by atoms with E-state index in [2.05, 4.69) is 23.5 Å². The van der Waals surface area contributed by atoms with Crippen LogP contribution in [0.4, 0.5) is 11.4 Å². The second-order valence-corrected chi connectivity index (χ2v) is 6.33. The summed E-state index contributed by atoms with van der Waals surface area (Å²) in [7, 11) is 0. The predicted molar refractivity (Wildman–Crippen MR) is 99.1 cm³/mol. The van der Waals surface area contributed by atoms with Gasteiger partial charge < -0.3 is 10.4 Å². The number of carboxylic acid groups (broad SMARTS) is 1. The molecule has 0 spiro atoms. The highest BCUT2D eigenvalue weighted by Gasteiger charge is 2.09. The monoisotopic (exact) mass is 335 g/mol. The molecule has 3 aromatic carbocycles. The fourth-order valence-corrected chi connectivity index (χ4v) is 3.25. The van der Waals surface area contributed by atoms with E-state index >= 15 is 0 Å². The summed E-state index contributed by atoms with van der Waals surface area (Å²) in [5.74, 6) is -0.0385. The largest absolute Gasteiger partial charge is 0.478 e. The summed E-state index contributed by atoms with van der Waals surface area (Å²) < 4.78 is 0. The minimum atomic E-state index is -0.937. The number of hydrogen-bond acceptors (Lipinski definition) is 3. The summed E-state index contributed by atoms with van der Waals surface area (Å²) in [6.07, 6.45) is 0. The molecule has 120 valence electrons. The van der Waals surface area contributed by atoms with Crippen LogP contribution in [0.3, 0.4) is 0 Å². The maximum absolute atomic E-state index is 11.3. The molecule has 2 N–H and O–H groups in total. The van der Waals surface area contributed by atoms with E-state index in [-0.39, 0.29) is 5.56 Å². The smallest absolute Gasteiger partial charge is 0.337 e. The molecule has 0 aliphatic heterocycles. The molecule has 24 heavy (non-hydrogen) atoms. The van der Waals surface area contributed by atoms with Crippen LogP contribution in [0.1, 0.15) is 15.9 Å². The Kier molecular flexibility index (Phi) is 5.18. The number of hydrogen-bond donors (Lipinski definition) is 2. The first-order valence-corrected chi connectivity index (χ1v) is 8.57. The van der Waals surface area contributed by atoms with Crippen LogP contribution >= 0.6 is 11.8 Å². The maximum atomic E-state index is 11.3. The van der Waals surface area contributed by atoms with E-state index in [1.54, 1.807) is 30.0 Å². The molecular weight excluding hydrogens is 318 g/mol. The lowest BCUT2D eigenvalue weighted by Crippen LogP contribution is -2.02. The van der Waals surface area contributed by atoms with Crippen LogP contribution in [0.15, 0.2) is 83.8 Å². The third-order valence-electron chi connectivity index (χ3n) is 3.52. The van der Waals surface area contributed by atoms with Gasteiger partial charge in [0.15, 0.2) is 0 Å². The second-order valence-electron chi connectivity index (χ2n) is 5.28. The Balaban J connectivity index is 1.73. The van der Waals surface area contributed by atoms with E-state index in [0.29, 0.717) is 5.69 Å². The molecule has 0 aromatic heterocycles. The van der Waals surface area contributed by atoms with Gasteiger partial charge in [0.2, 0.25) is 0 Å². The third-order valence-corrected chi connectivity index (χ3v) is 4.58. The fourth-order valence-electron chi connectivity index (χ4n) is 2.34. The summed E-state index contributed by atoms with van der Waals surface area (Å²) in [6.45, 7) is 0. The van der Waals surface area contributed by atoms with Gasteiger partial charge in [-0.05, 0) is 35.9 Å². The number of aromatic carboxylic acids is 1. The molecule has 3 nitrogen and oxygen atoms in total.